The Morgan fingerprint density at radius 1 is 1.17 bits per heavy atom. The number of aromatic hydroxyl groups is 1. The maximum atomic E-state index is 10.8. The molecule has 2 aromatic carbocycles. The molecule has 0 saturated heterocycles. The van der Waals surface area contributed by atoms with Crippen LogP contribution in [0.15, 0.2) is 48.5 Å². The van der Waals surface area contributed by atoms with Crippen LogP contribution in [0.4, 0.5) is 4.79 Å². The van der Waals surface area contributed by atoms with Crippen molar-refractivity contribution in [3.8, 4) is 11.5 Å². The molecule has 0 atom stereocenters. The summed E-state index contributed by atoms with van der Waals surface area (Å²) < 4.78 is 4.90. The smallest absolute Gasteiger partial charge is 0.409 e. The van der Waals surface area contributed by atoms with Gasteiger partial charge < -0.3 is 15.6 Å². The maximum Gasteiger partial charge on any atom is 0.409 e. The lowest BCUT2D eigenvalue weighted by atomic mass is 10.0. The van der Waals surface area contributed by atoms with Crippen LogP contribution < -0.4 is 10.5 Å². The molecule has 3 N–H and O–H groups in total. The third kappa shape index (κ3) is 3.01. The summed E-state index contributed by atoms with van der Waals surface area (Å²) in [6.45, 7) is 0. The van der Waals surface area contributed by atoms with Gasteiger partial charge in [0.15, 0.2) is 0 Å². The van der Waals surface area contributed by atoms with E-state index in [2.05, 4.69) is 0 Å². The van der Waals surface area contributed by atoms with Gasteiger partial charge in [0.1, 0.15) is 11.5 Å². The molecule has 2 rings (SSSR count). The zero-order valence-corrected chi connectivity index (χ0v) is 9.67. The summed E-state index contributed by atoms with van der Waals surface area (Å²) in [5.74, 6) is 0.488. The van der Waals surface area contributed by atoms with Gasteiger partial charge in [-0.1, -0.05) is 30.3 Å². The van der Waals surface area contributed by atoms with Crippen LogP contribution >= 0.6 is 0 Å². The lowest BCUT2D eigenvalue weighted by Crippen LogP contribution is -2.17. The number of phenolic OH excluding ortho intramolecular Hbond substituents is 1. The molecule has 0 heterocycles. The molecule has 0 aliphatic rings. The average molecular weight is 243 g/mol. The molecule has 92 valence electrons. The molecule has 0 aromatic heterocycles. The summed E-state index contributed by atoms with van der Waals surface area (Å²) >= 11 is 0. The highest BCUT2D eigenvalue weighted by Gasteiger charge is 2.08. The zero-order chi connectivity index (χ0) is 13.0. The minimum Gasteiger partial charge on any atom is -0.508 e. The topological polar surface area (TPSA) is 72.6 Å². The highest BCUT2D eigenvalue weighted by Crippen LogP contribution is 2.26. The first-order valence-corrected chi connectivity index (χ1v) is 5.48. The van der Waals surface area contributed by atoms with Crippen LogP contribution in [0.5, 0.6) is 11.5 Å². The van der Waals surface area contributed by atoms with Crippen molar-refractivity contribution in [2.24, 2.45) is 5.73 Å². The number of nitrogens with two attached hydrogens (primary N) is 1. The first-order chi connectivity index (χ1) is 8.65. The first kappa shape index (κ1) is 12.0. The van der Waals surface area contributed by atoms with Crippen molar-refractivity contribution in [2.75, 3.05) is 0 Å². The van der Waals surface area contributed by atoms with Gasteiger partial charge in [-0.25, -0.2) is 4.79 Å². The van der Waals surface area contributed by atoms with Crippen molar-refractivity contribution < 1.29 is 14.6 Å². The predicted octanol–water partition coefficient (Wildman–Crippen LogP) is 2.44. The van der Waals surface area contributed by atoms with E-state index in [-0.39, 0.29) is 5.75 Å². The lowest BCUT2D eigenvalue weighted by Gasteiger charge is -2.09. The Bertz CT molecular complexity index is 552. The number of carbonyl (C=O) groups excluding carboxylic acids is 1. The van der Waals surface area contributed by atoms with Crippen LogP contribution in [0, 0.1) is 0 Å². The monoisotopic (exact) mass is 243 g/mol. The number of hydrogen-bond donors (Lipinski definition) is 2. The molecule has 2 aromatic rings. The highest BCUT2D eigenvalue weighted by atomic mass is 16.5. The molecule has 4 nitrogen and oxygen atoms in total. The molecule has 0 radical (unpaired) electrons. The number of rotatable bonds is 3. The van der Waals surface area contributed by atoms with Crippen molar-refractivity contribution in [3.63, 3.8) is 0 Å². The van der Waals surface area contributed by atoms with E-state index < -0.39 is 6.09 Å². The SMILES string of the molecule is NC(=O)Oc1ccc(O)cc1Cc1ccccc1. The van der Waals surface area contributed by atoms with E-state index in [1.54, 1.807) is 6.07 Å². The minimum absolute atomic E-state index is 0.123. The molecule has 0 fully saturated rings. The Morgan fingerprint density at radius 2 is 1.89 bits per heavy atom. The van der Waals surface area contributed by atoms with Gasteiger partial charge in [0.05, 0.1) is 0 Å². The largest absolute Gasteiger partial charge is 0.508 e. The van der Waals surface area contributed by atoms with Gasteiger partial charge >= 0.3 is 6.09 Å². The van der Waals surface area contributed by atoms with E-state index in [1.165, 1.54) is 12.1 Å². The molecule has 1 amide bonds. The molecule has 18 heavy (non-hydrogen) atoms. The van der Waals surface area contributed by atoms with Gasteiger partial charge in [-0.2, -0.15) is 0 Å². The van der Waals surface area contributed by atoms with E-state index in [0.717, 1.165) is 5.56 Å². The third-order valence-electron chi connectivity index (χ3n) is 2.49. The Kier molecular flexibility index (Phi) is 3.48. The fourth-order valence-electron chi connectivity index (χ4n) is 1.73. The van der Waals surface area contributed by atoms with Gasteiger partial charge in [0.25, 0.3) is 0 Å². The number of benzene rings is 2. The van der Waals surface area contributed by atoms with E-state index >= 15 is 0 Å². The predicted molar refractivity (Wildman–Crippen MR) is 67.6 cm³/mol. The van der Waals surface area contributed by atoms with Crippen LogP contribution in [0.2, 0.25) is 0 Å². The normalized spacial score (nSPS) is 10.0. The van der Waals surface area contributed by atoms with Crippen LogP contribution in [0.25, 0.3) is 0 Å². The number of ether oxygens (including phenoxy) is 1. The fraction of sp³-hybridized carbons (Fsp3) is 0.0714. The third-order valence-corrected chi connectivity index (χ3v) is 2.49. The van der Waals surface area contributed by atoms with Crippen LogP contribution in [-0.4, -0.2) is 11.2 Å². The lowest BCUT2D eigenvalue weighted by molar-refractivity contribution is 0.210. The highest BCUT2D eigenvalue weighted by molar-refractivity contribution is 5.68. The Balaban J connectivity index is 2.30. The molecule has 0 unspecified atom stereocenters. The molecule has 0 saturated carbocycles. The van der Waals surface area contributed by atoms with Crippen molar-refractivity contribution in [3.05, 3.63) is 59.7 Å². The Morgan fingerprint density at radius 3 is 2.56 bits per heavy atom. The summed E-state index contributed by atoms with van der Waals surface area (Å²) in [6.07, 6.45) is -0.312. The summed E-state index contributed by atoms with van der Waals surface area (Å²) in [4.78, 5) is 10.8. The summed E-state index contributed by atoms with van der Waals surface area (Å²) in [6, 6.07) is 14.2. The maximum absolute atomic E-state index is 10.8. The second-order valence-corrected chi connectivity index (χ2v) is 3.88. The molecule has 0 bridgehead atoms. The molecule has 0 aliphatic carbocycles. The fourth-order valence-corrected chi connectivity index (χ4v) is 1.73. The van der Waals surface area contributed by atoms with Crippen molar-refractivity contribution in [1.82, 2.24) is 0 Å². The van der Waals surface area contributed by atoms with E-state index in [0.29, 0.717) is 17.7 Å². The first-order valence-electron chi connectivity index (χ1n) is 5.48. The minimum atomic E-state index is -0.866. The number of phenols is 1. The second-order valence-electron chi connectivity index (χ2n) is 3.88. The molecule has 0 spiro atoms. The molecular weight excluding hydrogens is 230 g/mol. The van der Waals surface area contributed by atoms with Gasteiger partial charge in [0, 0.05) is 12.0 Å². The average Bonchev–Trinajstić information content (AvgIpc) is 2.33. The van der Waals surface area contributed by atoms with Gasteiger partial charge in [-0.05, 0) is 23.8 Å². The van der Waals surface area contributed by atoms with Gasteiger partial charge in [0.2, 0.25) is 0 Å². The van der Waals surface area contributed by atoms with Crippen LogP contribution in [0.1, 0.15) is 11.1 Å². The van der Waals surface area contributed by atoms with E-state index in [9.17, 15) is 9.90 Å². The van der Waals surface area contributed by atoms with E-state index in [1.807, 2.05) is 30.3 Å². The molecule has 4 heteroatoms. The molecule has 0 aliphatic heterocycles. The number of hydrogen-bond acceptors (Lipinski definition) is 3. The van der Waals surface area contributed by atoms with Crippen molar-refractivity contribution >= 4 is 6.09 Å². The number of amides is 1. The Hall–Kier alpha value is -2.49. The summed E-state index contributed by atoms with van der Waals surface area (Å²) in [7, 11) is 0. The summed E-state index contributed by atoms with van der Waals surface area (Å²) in [5.41, 5.74) is 6.76. The number of primary amides is 1. The summed E-state index contributed by atoms with van der Waals surface area (Å²) in [5, 5.41) is 9.48. The van der Waals surface area contributed by atoms with E-state index in [4.69, 9.17) is 10.5 Å². The Labute approximate surface area is 105 Å². The second kappa shape index (κ2) is 5.23. The molecular formula is C14H13NO3. The quantitative estimate of drug-likeness (QED) is 0.869. The van der Waals surface area contributed by atoms with Gasteiger partial charge in [-0.15, -0.1) is 0 Å². The zero-order valence-electron chi connectivity index (χ0n) is 9.67. The van der Waals surface area contributed by atoms with Crippen molar-refractivity contribution in [1.29, 1.82) is 0 Å². The number of carbonyl (C=O) groups is 1. The van der Waals surface area contributed by atoms with Crippen LogP contribution in [0.3, 0.4) is 0 Å². The standard InChI is InChI=1S/C14H13NO3/c15-14(17)18-13-7-6-12(16)9-11(13)8-10-4-2-1-3-5-10/h1-7,9,16H,8H2,(H2,15,17). The van der Waals surface area contributed by atoms with Gasteiger partial charge in [-0.3, -0.25) is 0 Å². The van der Waals surface area contributed by atoms with Crippen LogP contribution in [-0.2, 0) is 6.42 Å². The van der Waals surface area contributed by atoms with Crippen molar-refractivity contribution in [2.45, 2.75) is 6.42 Å².